The molecule has 1 saturated heterocycles. The molecule has 0 spiro atoms. The highest BCUT2D eigenvalue weighted by atomic mass is 127. The highest BCUT2D eigenvalue weighted by Crippen LogP contribution is 2.20. The van der Waals surface area contributed by atoms with Gasteiger partial charge in [-0.3, -0.25) is 9.79 Å². The average molecular weight is 503 g/mol. The molecular weight excluding hydrogens is 469 g/mol. The van der Waals surface area contributed by atoms with Gasteiger partial charge >= 0.3 is 0 Å². The molecule has 0 saturated carbocycles. The van der Waals surface area contributed by atoms with E-state index in [9.17, 15) is 4.79 Å². The van der Waals surface area contributed by atoms with Crippen LogP contribution in [-0.2, 0) is 9.53 Å². The van der Waals surface area contributed by atoms with Crippen molar-refractivity contribution in [2.24, 2.45) is 4.99 Å². The Morgan fingerprint density at radius 2 is 2.07 bits per heavy atom. The van der Waals surface area contributed by atoms with Crippen molar-refractivity contribution >= 4 is 41.5 Å². The standard InChI is InChI=1S/C20H33N5O2.HI/c1-4-21-20(22-11-8-12-24(2)13-14-27-3)23-17-15-19(26)25(16-17)18-9-6-5-7-10-18;/h5-7,9-10,17H,4,8,11-16H2,1-3H3,(H2,21,22,23);1H. The van der Waals surface area contributed by atoms with E-state index in [1.54, 1.807) is 7.11 Å². The number of likely N-dealkylation sites (N-methyl/N-ethyl adjacent to an activating group) is 1. The third kappa shape index (κ3) is 8.32. The summed E-state index contributed by atoms with van der Waals surface area (Å²) < 4.78 is 5.09. The van der Waals surface area contributed by atoms with E-state index in [0.717, 1.165) is 50.9 Å². The minimum absolute atomic E-state index is 0. The van der Waals surface area contributed by atoms with Crippen LogP contribution in [0.5, 0.6) is 0 Å². The van der Waals surface area contributed by atoms with Crippen LogP contribution < -0.4 is 15.5 Å². The van der Waals surface area contributed by atoms with Gasteiger partial charge in [-0.1, -0.05) is 18.2 Å². The summed E-state index contributed by atoms with van der Waals surface area (Å²) in [6, 6.07) is 9.89. The zero-order valence-corrected chi connectivity index (χ0v) is 19.5. The summed E-state index contributed by atoms with van der Waals surface area (Å²) in [7, 11) is 3.81. The molecule has 1 aliphatic rings. The molecule has 158 valence electrons. The third-order valence-corrected chi connectivity index (χ3v) is 4.52. The van der Waals surface area contributed by atoms with E-state index in [1.807, 2.05) is 42.2 Å². The Morgan fingerprint density at radius 3 is 2.75 bits per heavy atom. The van der Waals surface area contributed by atoms with Crippen LogP contribution in [0.15, 0.2) is 35.3 Å². The van der Waals surface area contributed by atoms with Gasteiger partial charge in [0.05, 0.1) is 12.6 Å². The van der Waals surface area contributed by atoms with E-state index >= 15 is 0 Å². The molecule has 2 N–H and O–H groups in total. The Labute approximate surface area is 185 Å². The minimum atomic E-state index is 0. The minimum Gasteiger partial charge on any atom is -0.383 e. The Hall–Kier alpha value is -1.39. The van der Waals surface area contributed by atoms with Crippen molar-refractivity contribution in [2.45, 2.75) is 25.8 Å². The molecule has 0 aliphatic carbocycles. The summed E-state index contributed by atoms with van der Waals surface area (Å²) in [5.41, 5.74) is 0.952. The van der Waals surface area contributed by atoms with Gasteiger partial charge in [-0.25, -0.2) is 0 Å². The van der Waals surface area contributed by atoms with Crippen molar-refractivity contribution in [2.75, 3.05) is 58.4 Å². The first-order valence-electron chi connectivity index (χ1n) is 9.71. The predicted octanol–water partition coefficient (Wildman–Crippen LogP) is 1.93. The quantitative estimate of drug-likeness (QED) is 0.221. The van der Waals surface area contributed by atoms with Crippen molar-refractivity contribution in [3.8, 4) is 0 Å². The molecule has 1 unspecified atom stereocenters. The number of rotatable bonds is 10. The van der Waals surface area contributed by atoms with Crippen LogP contribution in [0.2, 0.25) is 0 Å². The van der Waals surface area contributed by atoms with E-state index in [2.05, 4.69) is 27.6 Å². The van der Waals surface area contributed by atoms with Gasteiger partial charge in [0, 0.05) is 45.4 Å². The maximum Gasteiger partial charge on any atom is 0.229 e. The van der Waals surface area contributed by atoms with Gasteiger partial charge in [-0.2, -0.15) is 0 Å². The lowest BCUT2D eigenvalue weighted by Crippen LogP contribution is -2.44. The monoisotopic (exact) mass is 503 g/mol. The van der Waals surface area contributed by atoms with Gasteiger partial charge in [0.2, 0.25) is 5.91 Å². The summed E-state index contributed by atoms with van der Waals surface area (Å²) in [5, 5.41) is 6.69. The molecule has 28 heavy (non-hydrogen) atoms. The molecule has 7 nitrogen and oxygen atoms in total. The number of methoxy groups -OCH3 is 1. The van der Waals surface area contributed by atoms with E-state index in [-0.39, 0.29) is 35.9 Å². The first kappa shape index (κ1) is 24.6. The second kappa shape index (κ2) is 13.7. The number of amides is 1. The van der Waals surface area contributed by atoms with Crippen LogP contribution in [0.4, 0.5) is 5.69 Å². The van der Waals surface area contributed by atoms with Crippen LogP contribution >= 0.6 is 24.0 Å². The van der Waals surface area contributed by atoms with Crippen molar-refractivity contribution in [3.63, 3.8) is 0 Å². The molecule has 1 heterocycles. The number of hydrogen-bond acceptors (Lipinski definition) is 4. The van der Waals surface area contributed by atoms with Crippen LogP contribution in [0.3, 0.4) is 0 Å². The summed E-state index contributed by atoms with van der Waals surface area (Å²) >= 11 is 0. The lowest BCUT2D eigenvalue weighted by Gasteiger charge is -2.19. The summed E-state index contributed by atoms with van der Waals surface area (Å²) in [6.45, 7) is 6.91. The van der Waals surface area contributed by atoms with Crippen LogP contribution in [0.1, 0.15) is 19.8 Å². The first-order valence-corrected chi connectivity index (χ1v) is 9.71. The van der Waals surface area contributed by atoms with E-state index < -0.39 is 0 Å². The van der Waals surface area contributed by atoms with Crippen molar-refractivity contribution < 1.29 is 9.53 Å². The SMILES string of the molecule is CCNC(=NCCCN(C)CCOC)NC1CC(=O)N(c2ccccc2)C1.I. The van der Waals surface area contributed by atoms with Crippen LogP contribution in [0, 0.1) is 0 Å². The van der Waals surface area contributed by atoms with Gasteiger partial charge in [0.25, 0.3) is 0 Å². The third-order valence-electron chi connectivity index (χ3n) is 4.52. The fourth-order valence-corrected chi connectivity index (χ4v) is 3.07. The highest BCUT2D eigenvalue weighted by Gasteiger charge is 2.30. The smallest absolute Gasteiger partial charge is 0.229 e. The Bertz CT molecular complexity index is 600. The normalized spacial score (nSPS) is 17.0. The number of anilines is 1. The fourth-order valence-electron chi connectivity index (χ4n) is 3.07. The molecule has 1 atom stereocenters. The lowest BCUT2D eigenvalue weighted by molar-refractivity contribution is -0.117. The number of carbonyl (C=O) groups excluding carboxylic acids is 1. The van der Waals surface area contributed by atoms with Crippen molar-refractivity contribution in [1.82, 2.24) is 15.5 Å². The number of nitrogens with one attached hydrogen (secondary N) is 2. The van der Waals surface area contributed by atoms with Gasteiger partial charge in [-0.15, -0.1) is 24.0 Å². The zero-order chi connectivity index (χ0) is 19.5. The van der Waals surface area contributed by atoms with Crippen LogP contribution in [-0.4, -0.2) is 76.3 Å². The van der Waals surface area contributed by atoms with Gasteiger partial charge in [-0.05, 0) is 39.1 Å². The highest BCUT2D eigenvalue weighted by molar-refractivity contribution is 14.0. The van der Waals surface area contributed by atoms with E-state index in [1.165, 1.54) is 0 Å². The molecule has 1 aliphatic heterocycles. The summed E-state index contributed by atoms with van der Waals surface area (Å²) in [5.74, 6) is 0.930. The summed E-state index contributed by atoms with van der Waals surface area (Å²) in [6.07, 6.45) is 1.47. The number of carbonyl (C=O) groups is 1. The Balaban J connectivity index is 0.00000392. The molecule has 1 amide bonds. The molecule has 1 fully saturated rings. The first-order chi connectivity index (χ1) is 13.1. The van der Waals surface area contributed by atoms with E-state index in [4.69, 9.17) is 4.74 Å². The number of nitrogens with zero attached hydrogens (tertiary/aromatic N) is 3. The number of ether oxygens (including phenoxy) is 1. The van der Waals surface area contributed by atoms with E-state index in [0.29, 0.717) is 13.0 Å². The number of guanidine groups is 1. The van der Waals surface area contributed by atoms with Gasteiger partial charge in [0.15, 0.2) is 5.96 Å². The van der Waals surface area contributed by atoms with Gasteiger partial charge in [0.1, 0.15) is 0 Å². The van der Waals surface area contributed by atoms with Crippen LogP contribution in [0.25, 0.3) is 0 Å². The van der Waals surface area contributed by atoms with Crippen molar-refractivity contribution in [3.05, 3.63) is 30.3 Å². The molecule has 0 radical (unpaired) electrons. The fraction of sp³-hybridized carbons (Fsp3) is 0.600. The summed E-state index contributed by atoms with van der Waals surface area (Å²) in [4.78, 5) is 21.1. The average Bonchev–Trinajstić information content (AvgIpc) is 3.04. The predicted molar refractivity (Wildman–Crippen MR) is 126 cm³/mol. The molecule has 8 heteroatoms. The number of halogens is 1. The number of benzene rings is 1. The molecule has 1 aromatic carbocycles. The number of aliphatic imine (C=N–C) groups is 1. The van der Waals surface area contributed by atoms with Crippen molar-refractivity contribution in [1.29, 1.82) is 0 Å². The number of hydrogen-bond donors (Lipinski definition) is 2. The molecule has 2 rings (SSSR count). The molecular formula is C20H34IN5O2. The second-order valence-electron chi connectivity index (χ2n) is 6.80. The largest absolute Gasteiger partial charge is 0.383 e. The maximum atomic E-state index is 12.4. The molecule has 0 bridgehead atoms. The Morgan fingerprint density at radius 1 is 1.32 bits per heavy atom. The molecule has 1 aromatic rings. The molecule has 0 aromatic heterocycles. The zero-order valence-electron chi connectivity index (χ0n) is 17.2. The Kier molecular flexibility index (Phi) is 12.1. The lowest BCUT2D eigenvalue weighted by atomic mass is 10.2. The van der Waals surface area contributed by atoms with Gasteiger partial charge < -0.3 is 25.2 Å². The maximum absolute atomic E-state index is 12.4. The topological polar surface area (TPSA) is 69.2 Å². The number of para-hydroxylation sites is 1. The second-order valence-corrected chi connectivity index (χ2v) is 6.80.